The number of aliphatic carboxylic acids is 1. The van der Waals surface area contributed by atoms with E-state index in [2.05, 4.69) is 5.32 Å². The Morgan fingerprint density at radius 1 is 1.47 bits per heavy atom. The topological polar surface area (TPSA) is 92.4 Å². The van der Waals surface area contributed by atoms with Crippen LogP contribution < -0.4 is 11.1 Å². The van der Waals surface area contributed by atoms with Crippen LogP contribution in [0.5, 0.6) is 0 Å². The number of rotatable bonds is 6. The minimum absolute atomic E-state index is 0.143. The first kappa shape index (κ1) is 14.9. The van der Waals surface area contributed by atoms with Gasteiger partial charge in [-0.3, -0.25) is 4.79 Å². The van der Waals surface area contributed by atoms with Crippen molar-refractivity contribution in [3.8, 4) is 0 Å². The molecule has 5 heteroatoms. The van der Waals surface area contributed by atoms with E-state index in [1.54, 1.807) is 24.3 Å². The standard InChI is InChI=1S/C14H18N2O3/c1-2-11(15)9-13(17)16-12-5-3-4-10(8-12)6-7-14(18)19/h3-8,11H,2,9,15H2,1H3,(H,16,17)(H,18,19)/b7-6+. The summed E-state index contributed by atoms with van der Waals surface area (Å²) in [5.41, 5.74) is 7.04. The van der Waals surface area contributed by atoms with Gasteiger partial charge in [0.25, 0.3) is 0 Å². The molecule has 19 heavy (non-hydrogen) atoms. The van der Waals surface area contributed by atoms with Gasteiger partial charge >= 0.3 is 5.97 Å². The molecule has 1 aromatic rings. The molecular formula is C14H18N2O3. The highest BCUT2D eigenvalue weighted by Gasteiger charge is 2.07. The molecule has 1 aromatic carbocycles. The van der Waals surface area contributed by atoms with Crippen molar-refractivity contribution in [3.05, 3.63) is 35.9 Å². The molecule has 0 aliphatic rings. The lowest BCUT2D eigenvalue weighted by atomic mass is 10.1. The van der Waals surface area contributed by atoms with Crippen LogP contribution in [-0.2, 0) is 9.59 Å². The molecule has 0 aromatic heterocycles. The Morgan fingerprint density at radius 2 is 2.21 bits per heavy atom. The first-order valence-corrected chi connectivity index (χ1v) is 6.07. The van der Waals surface area contributed by atoms with Gasteiger partial charge in [-0.2, -0.15) is 0 Å². The smallest absolute Gasteiger partial charge is 0.328 e. The highest BCUT2D eigenvalue weighted by molar-refractivity contribution is 5.91. The van der Waals surface area contributed by atoms with Crippen LogP contribution in [0.3, 0.4) is 0 Å². The summed E-state index contributed by atoms with van der Waals surface area (Å²) in [6.07, 6.45) is 3.53. The Balaban J connectivity index is 2.66. The van der Waals surface area contributed by atoms with Gasteiger partial charge in [-0.15, -0.1) is 0 Å². The monoisotopic (exact) mass is 262 g/mol. The molecule has 4 N–H and O–H groups in total. The van der Waals surface area contributed by atoms with Crippen molar-refractivity contribution >= 4 is 23.6 Å². The van der Waals surface area contributed by atoms with Crippen molar-refractivity contribution in [2.24, 2.45) is 5.73 Å². The van der Waals surface area contributed by atoms with Gasteiger partial charge in [0.05, 0.1) is 0 Å². The van der Waals surface area contributed by atoms with Gasteiger partial charge in [-0.25, -0.2) is 4.79 Å². The number of amides is 1. The van der Waals surface area contributed by atoms with Gasteiger partial charge in [0.2, 0.25) is 5.91 Å². The van der Waals surface area contributed by atoms with E-state index in [-0.39, 0.29) is 18.4 Å². The average molecular weight is 262 g/mol. The fourth-order valence-corrected chi connectivity index (χ4v) is 1.48. The first-order valence-electron chi connectivity index (χ1n) is 6.07. The number of carboxylic acid groups (broad SMARTS) is 1. The number of carboxylic acids is 1. The van der Waals surface area contributed by atoms with Crippen molar-refractivity contribution in [3.63, 3.8) is 0 Å². The molecule has 0 radical (unpaired) electrons. The maximum absolute atomic E-state index is 11.7. The summed E-state index contributed by atoms with van der Waals surface area (Å²) in [5, 5.41) is 11.3. The molecule has 0 aliphatic heterocycles. The van der Waals surface area contributed by atoms with Crippen LogP contribution in [0.1, 0.15) is 25.3 Å². The van der Waals surface area contributed by atoms with Gasteiger partial charge in [0.1, 0.15) is 0 Å². The second-order valence-corrected chi connectivity index (χ2v) is 4.22. The van der Waals surface area contributed by atoms with Crippen molar-refractivity contribution < 1.29 is 14.7 Å². The van der Waals surface area contributed by atoms with Crippen LogP contribution in [0, 0.1) is 0 Å². The van der Waals surface area contributed by atoms with Gasteiger partial charge in [0, 0.05) is 24.2 Å². The normalized spacial score (nSPS) is 12.3. The number of hydrogen-bond acceptors (Lipinski definition) is 3. The van der Waals surface area contributed by atoms with E-state index in [1.165, 1.54) is 6.08 Å². The van der Waals surface area contributed by atoms with Crippen molar-refractivity contribution in [1.29, 1.82) is 0 Å². The number of nitrogens with one attached hydrogen (secondary N) is 1. The zero-order valence-corrected chi connectivity index (χ0v) is 10.8. The van der Waals surface area contributed by atoms with Crippen LogP contribution in [-0.4, -0.2) is 23.0 Å². The summed E-state index contributed by atoms with van der Waals surface area (Å²) in [6.45, 7) is 1.93. The summed E-state index contributed by atoms with van der Waals surface area (Å²) in [4.78, 5) is 22.1. The van der Waals surface area contributed by atoms with Gasteiger partial charge in [0.15, 0.2) is 0 Å². The Kier molecular flexibility index (Phi) is 5.75. The molecule has 0 spiro atoms. The number of hydrogen-bond donors (Lipinski definition) is 3. The minimum Gasteiger partial charge on any atom is -0.478 e. The van der Waals surface area contributed by atoms with Crippen molar-refractivity contribution in [2.75, 3.05) is 5.32 Å². The lowest BCUT2D eigenvalue weighted by Gasteiger charge is -2.09. The zero-order chi connectivity index (χ0) is 14.3. The third kappa shape index (κ3) is 5.83. The number of anilines is 1. The molecule has 1 unspecified atom stereocenters. The van der Waals surface area contributed by atoms with E-state index in [0.717, 1.165) is 12.5 Å². The predicted molar refractivity (Wildman–Crippen MR) is 74.6 cm³/mol. The third-order valence-corrected chi connectivity index (χ3v) is 2.56. The van der Waals surface area contributed by atoms with Crippen molar-refractivity contribution in [1.82, 2.24) is 0 Å². The van der Waals surface area contributed by atoms with Gasteiger partial charge in [-0.05, 0) is 30.2 Å². The maximum Gasteiger partial charge on any atom is 0.328 e. The van der Waals surface area contributed by atoms with E-state index in [0.29, 0.717) is 11.3 Å². The summed E-state index contributed by atoms with van der Waals surface area (Å²) >= 11 is 0. The lowest BCUT2D eigenvalue weighted by Crippen LogP contribution is -2.26. The Morgan fingerprint density at radius 3 is 2.84 bits per heavy atom. The van der Waals surface area contributed by atoms with E-state index in [1.807, 2.05) is 6.92 Å². The van der Waals surface area contributed by atoms with Crippen LogP contribution in [0.2, 0.25) is 0 Å². The SMILES string of the molecule is CCC(N)CC(=O)Nc1cccc(/C=C/C(=O)O)c1. The van der Waals surface area contributed by atoms with E-state index >= 15 is 0 Å². The van der Waals surface area contributed by atoms with Crippen LogP contribution >= 0.6 is 0 Å². The summed E-state index contributed by atoms with van der Waals surface area (Å²) in [7, 11) is 0. The second-order valence-electron chi connectivity index (χ2n) is 4.22. The van der Waals surface area contributed by atoms with Crippen molar-refractivity contribution in [2.45, 2.75) is 25.8 Å². The largest absolute Gasteiger partial charge is 0.478 e. The molecule has 0 aliphatic carbocycles. The van der Waals surface area contributed by atoms with E-state index in [4.69, 9.17) is 10.8 Å². The Hall–Kier alpha value is -2.14. The molecule has 1 rings (SSSR count). The fourth-order valence-electron chi connectivity index (χ4n) is 1.48. The highest BCUT2D eigenvalue weighted by Crippen LogP contribution is 2.12. The minimum atomic E-state index is -1.01. The molecule has 1 amide bonds. The Bertz CT molecular complexity index is 483. The molecule has 0 fully saturated rings. The first-order chi connectivity index (χ1) is 9.01. The molecule has 1 atom stereocenters. The molecule has 0 heterocycles. The molecular weight excluding hydrogens is 244 g/mol. The number of nitrogens with two attached hydrogens (primary N) is 1. The number of carbonyl (C=O) groups excluding carboxylic acids is 1. The maximum atomic E-state index is 11.7. The highest BCUT2D eigenvalue weighted by atomic mass is 16.4. The molecule has 102 valence electrons. The lowest BCUT2D eigenvalue weighted by molar-refractivity contribution is -0.131. The quantitative estimate of drug-likeness (QED) is 0.682. The summed E-state index contributed by atoms with van der Waals surface area (Å²) in [6, 6.07) is 6.81. The zero-order valence-electron chi connectivity index (χ0n) is 10.8. The molecule has 0 bridgehead atoms. The number of carbonyl (C=O) groups is 2. The van der Waals surface area contributed by atoms with E-state index in [9.17, 15) is 9.59 Å². The fraction of sp³-hybridized carbons (Fsp3) is 0.286. The average Bonchev–Trinajstić information content (AvgIpc) is 2.36. The Labute approximate surface area is 112 Å². The predicted octanol–water partition coefficient (Wildman–Crippen LogP) is 1.85. The van der Waals surface area contributed by atoms with Crippen LogP contribution in [0.4, 0.5) is 5.69 Å². The van der Waals surface area contributed by atoms with Gasteiger partial charge in [-0.1, -0.05) is 19.1 Å². The van der Waals surface area contributed by atoms with Crippen LogP contribution in [0.15, 0.2) is 30.3 Å². The van der Waals surface area contributed by atoms with E-state index < -0.39 is 5.97 Å². The summed E-state index contributed by atoms with van der Waals surface area (Å²) < 4.78 is 0. The molecule has 0 saturated carbocycles. The van der Waals surface area contributed by atoms with Crippen LogP contribution in [0.25, 0.3) is 6.08 Å². The summed E-state index contributed by atoms with van der Waals surface area (Å²) in [5.74, 6) is -1.16. The molecule has 0 saturated heterocycles. The van der Waals surface area contributed by atoms with Gasteiger partial charge < -0.3 is 16.2 Å². The number of benzene rings is 1. The third-order valence-electron chi connectivity index (χ3n) is 2.56. The second kappa shape index (κ2) is 7.33. The molecule has 5 nitrogen and oxygen atoms in total.